The van der Waals surface area contributed by atoms with Crippen LogP contribution in [0.25, 0.3) is 0 Å². The smallest absolute Gasteiger partial charge is 0.345 e. The Labute approximate surface area is 78.8 Å². The summed E-state index contributed by atoms with van der Waals surface area (Å²) in [5, 5.41) is 17.6. The van der Waals surface area contributed by atoms with Crippen molar-refractivity contribution in [1.29, 1.82) is 0 Å². The van der Waals surface area contributed by atoms with Crippen LogP contribution in [0.3, 0.4) is 0 Å². The van der Waals surface area contributed by atoms with Crippen molar-refractivity contribution in [2.45, 2.75) is 19.4 Å². The number of aliphatic hydroxyl groups is 1. The lowest BCUT2D eigenvalue weighted by atomic mass is 10.0. The molecule has 0 fully saturated rings. The molecule has 1 aliphatic heterocycles. The topological polar surface area (TPSA) is 101 Å². The predicted molar refractivity (Wildman–Crippen MR) is 42.1 cm³/mol. The Morgan fingerprint density at radius 2 is 2.00 bits per heavy atom. The van der Waals surface area contributed by atoms with Crippen LogP contribution in [0.2, 0.25) is 0 Å². The molecule has 0 saturated carbocycles. The van der Waals surface area contributed by atoms with Gasteiger partial charge in [0, 0.05) is 5.57 Å². The second-order valence-corrected chi connectivity index (χ2v) is 2.83. The normalized spacial score (nSPS) is 18.4. The minimum Gasteiger partial charge on any atom is -0.481 e. The van der Waals surface area contributed by atoms with Gasteiger partial charge < -0.3 is 14.9 Å². The van der Waals surface area contributed by atoms with Crippen molar-refractivity contribution in [3.05, 3.63) is 11.1 Å². The molecule has 0 saturated heterocycles. The first kappa shape index (κ1) is 10.4. The molecule has 1 aliphatic rings. The van der Waals surface area contributed by atoms with Gasteiger partial charge in [-0.25, -0.2) is 9.59 Å². The van der Waals surface area contributed by atoms with E-state index in [1.807, 2.05) is 0 Å². The first-order valence-electron chi connectivity index (χ1n) is 3.80. The molecule has 0 aromatic rings. The standard InChI is InChI=1S/C8H8O6/c1-3-6(4(9)2-5(10)11)8(13)14-7(3)12/h4,9H,2H2,1H3,(H,10,11). The van der Waals surface area contributed by atoms with Gasteiger partial charge >= 0.3 is 17.9 Å². The molecule has 1 atom stereocenters. The number of aliphatic carboxylic acids is 1. The van der Waals surface area contributed by atoms with Gasteiger partial charge in [-0.05, 0) is 6.92 Å². The van der Waals surface area contributed by atoms with Crippen LogP contribution in [0, 0.1) is 0 Å². The maximum absolute atomic E-state index is 11.0. The van der Waals surface area contributed by atoms with Gasteiger partial charge in [-0.15, -0.1) is 0 Å². The maximum Gasteiger partial charge on any atom is 0.345 e. The van der Waals surface area contributed by atoms with Crippen molar-refractivity contribution in [3.8, 4) is 0 Å². The second kappa shape index (κ2) is 3.59. The van der Waals surface area contributed by atoms with E-state index >= 15 is 0 Å². The highest BCUT2D eigenvalue weighted by atomic mass is 16.6. The van der Waals surface area contributed by atoms with E-state index in [-0.39, 0.29) is 11.1 Å². The number of rotatable bonds is 3. The summed E-state index contributed by atoms with van der Waals surface area (Å²) in [6, 6.07) is 0. The molecule has 14 heavy (non-hydrogen) atoms. The Morgan fingerprint density at radius 3 is 2.36 bits per heavy atom. The zero-order valence-corrected chi connectivity index (χ0v) is 7.31. The Kier molecular flexibility index (Phi) is 2.66. The zero-order chi connectivity index (χ0) is 10.9. The molecule has 0 bridgehead atoms. The predicted octanol–water partition coefficient (Wildman–Crippen LogP) is -0.778. The van der Waals surface area contributed by atoms with Crippen molar-refractivity contribution in [3.63, 3.8) is 0 Å². The third kappa shape index (κ3) is 1.80. The number of cyclic esters (lactones) is 2. The molecule has 0 aromatic carbocycles. The number of hydrogen-bond acceptors (Lipinski definition) is 5. The lowest BCUT2D eigenvalue weighted by Crippen LogP contribution is -2.20. The van der Waals surface area contributed by atoms with E-state index in [9.17, 15) is 19.5 Å². The molecule has 0 amide bonds. The van der Waals surface area contributed by atoms with E-state index in [0.717, 1.165) is 0 Å². The van der Waals surface area contributed by atoms with Gasteiger partial charge in [0.15, 0.2) is 0 Å². The number of ether oxygens (including phenoxy) is 1. The van der Waals surface area contributed by atoms with E-state index in [4.69, 9.17) is 5.11 Å². The maximum atomic E-state index is 11.0. The van der Waals surface area contributed by atoms with E-state index in [1.54, 1.807) is 0 Å². The number of carbonyl (C=O) groups excluding carboxylic acids is 2. The highest BCUT2D eigenvalue weighted by molar-refractivity contribution is 6.12. The van der Waals surface area contributed by atoms with E-state index in [0.29, 0.717) is 0 Å². The molecular weight excluding hydrogens is 192 g/mol. The Hall–Kier alpha value is -1.69. The molecule has 0 spiro atoms. The van der Waals surface area contributed by atoms with E-state index in [1.165, 1.54) is 6.92 Å². The third-order valence-corrected chi connectivity index (χ3v) is 1.82. The Bertz CT molecular complexity index is 340. The van der Waals surface area contributed by atoms with Crippen molar-refractivity contribution in [2.75, 3.05) is 0 Å². The molecule has 76 valence electrons. The average Bonchev–Trinajstić information content (AvgIpc) is 2.25. The van der Waals surface area contributed by atoms with Gasteiger partial charge in [0.1, 0.15) is 0 Å². The van der Waals surface area contributed by atoms with Gasteiger partial charge in [0.2, 0.25) is 0 Å². The highest BCUT2D eigenvalue weighted by Gasteiger charge is 2.35. The fourth-order valence-corrected chi connectivity index (χ4v) is 1.13. The summed E-state index contributed by atoms with van der Waals surface area (Å²) >= 11 is 0. The molecule has 1 rings (SSSR count). The van der Waals surface area contributed by atoms with Gasteiger partial charge in [0.05, 0.1) is 18.1 Å². The molecule has 6 heteroatoms. The number of carboxylic acids is 1. The quantitative estimate of drug-likeness (QED) is 0.458. The van der Waals surface area contributed by atoms with Gasteiger partial charge in [-0.1, -0.05) is 0 Å². The van der Waals surface area contributed by atoms with Crippen LogP contribution in [-0.4, -0.2) is 34.2 Å². The van der Waals surface area contributed by atoms with E-state index in [2.05, 4.69) is 4.74 Å². The van der Waals surface area contributed by atoms with Gasteiger partial charge in [-0.3, -0.25) is 4.79 Å². The van der Waals surface area contributed by atoms with Crippen LogP contribution >= 0.6 is 0 Å². The first-order valence-corrected chi connectivity index (χ1v) is 3.80. The van der Waals surface area contributed by atoms with Crippen molar-refractivity contribution < 1.29 is 29.3 Å². The number of aliphatic hydroxyl groups excluding tert-OH is 1. The van der Waals surface area contributed by atoms with Crippen LogP contribution < -0.4 is 0 Å². The summed E-state index contributed by atoms with van der Waals surface area (Å²) in [4.78, 5) is 32.0. The second-order valence-electron chi connectivity index (χ2n) is 2.83. The molecule has 2 N–H and O–H groups in total. The molecule has 0 aromatic heterocycles. The van der Waals surface area contributed by atoms with Gasteiger partial charge in [-0.2, -0.15) is 0 Å². The van der Waals surface area contributed by atoms with Crippen molar-refractivity contribution >= 4 is 17.9 Å². The molecule has 0 aliphatic carbocycles. The lowest BCUT2D eigenvalue weighted by Gasteiger charge is -2.05. The minimum absolute atomic E-state index is 0.0382. The number of carboxylic acid groups (broad SMARTS) is 1. The fourth-order valence-electron chi connectivity index (χ4n) is 1.13. The summed E-state index contributed by atoms with van der Waals surface area (Å²) < 4.78 is 4.18. The summed E-state index contributed by atoms with van der Waals surface area (Å²) in [6.07, 6.45) is -2.12. The van der Waals surface area contributed by atoms with Crippen LogP contribution in [0.15, 0.2) is 11.1 Å². The number of esters is 2. The van der Waals surface area contributed by atoms with Crippen LogP contribution in [0.5, 0.6) is 0 Å². The number of carbonyl (C=O) groups is 3. The Balaban J connectivity index is 2.91. The molecule has 1 unspecified atom stereocenters. The number of hydrogen-bond donors (Lipinski definition) is 2. The highest BCUT2D eigenvalue weighted by Crippen LogP contribution is 2.21. The third-order valence-electron chi connectivity index (χ3n) is 1.82. The first-order chi connectivity index (χ1) is 6.43. The van der Waals surface area contributed by atoms with Crippen LogP contribution in [0.1, 0.15) is 13.3 Å². The largest absolute Gasteiger partial charge is 0.481 e. The van der Waals surface area contributed by atoms with Gasteiger partial charge in [0.25, 0.3) is 0 Å². The molecule has 1 heterocycles. The fraction of sp³-hybridized carbons (Fsp3) is 0.375. The van der Waals surface area contributed by atoms with Crippen molar-refractivity contribution in [1.82, 2.24) is 0 Å². The molecular formula is C8H8O6. The minimum atomic E-state index is -1.49. The van der Waals surface area contributed by atoms with Crippen molar-refractivity contribution in [2.24, 2.45) is 0 Å². The summed E-state index contributed by atoms with van der Waals surface area (Å²) in [5.74, 6) is -3.07. The van der Waals surface area contributed by atoms with E-state index < -0.39 is 30.4 Å². The van der Waals surface area contributed by atoms with Crippen LogP contribution in [0.4, 0.5) is 0 Å². The SMILES string of the molecule is CC1=C(C(O)CC(=O)O)C(=O)OC1=O. The Morgan fingerprint density at radius 1 is 1.43 bits per heavy atom. The average molecular weight is 200 g/mol. The molecule has 0 radical (unpaired) electrons. The lowest BCUT2D eigenvalue weighted by molar-refractivity contribution is -0.151. The summed E-state index contributed by atoms with van der Waals surface area (Å²) in [6.45, 7) is 1.30. The monoisotopic (exact) mass is 200 g/mol. The summed E-state index contributed by atoms with van der Waals surface area (Å²) in [7, 11) is 0. The summed E-state index contributed by atoms with van der Waals surface area (Å²) in [5.41, 5.74) is -0.304. The zero-order valence-electron chi connectivity index (χ0n) is 7.31. The van der Waals surface area contributed by atoms with Crippen LogP contribution in [-0.2, 0) is 19.1 Å². The molecule has 6 nitrogen and oxygen atoms in total.